The zero-order valence-electron chi connectivity index (χ0n) is 15.9. The number of fused-ring (bicyclic) bond motifs is 2. The van der Waals surface area contributed by atoms with Crippen LogP contribution in [0.3, 0.4) is 0 Å². The van der Waals surface area contributed by atoms with Gasteiger partial charge in [-0.25, -0.2) is 19.3 Å². The second-order valence-electron chi connectivity index (χ2n) is 6.77. The number of hydrogen-bond donors (Lipinski definition) is 0. The van der Waals surface area contributed by atoms with Crippen LogP contribution in [0.2, 0.25) is 0 Å². The predicted octanol–water partition coefficient (Wildman–Crippen LogP) is 5.11. The van der Waals surface area contributed by atoms with Gasteiger partial charge in [-0.15, -0.1) is 11.3 Å². The molecule has 5 aromatic rings. The molecule has 1 aromatic carbocycles. The van der Waals surface area contributed by atoms with Crippen molar-refractivity contribution in [2.45, 2.75) is 17.7 Å². The van der Waals surface area contributed by atoms with Crippen molar-refractivity contribution in [3.05, 3.63) is 87.8 Å². The number of aromatic nitrogens is 4. The van der Waals surface area contributed by atoms with Crippen LogP contribution < -0.4 is 5.56 Å². The average molecular weight is 435 g/mol. The molecule has 0 radical (unpaired) electrons. The minimum atomic E-state index is -0.270. The third-order valence-electron chi connectivity index (χ3n) is 4.79. The Labute approximate surface area is 179 Å². The lowest BCUT2D eigenvalue weighted by molar-refractivity contribution is 0.628. The summed E-state index contributed by atoms with van der Waals surface area (Å²) in [4.78, 5) is 26.8. The van der Waals surface area contributed by atoms with Gasteiger partial charge in [-0.2, -0.15) is 0 Å². The van der Waals surface area contributed by atoms with E-state index in [-0.39, 0.29) is 11.4 Å². The summed E-state index contributed by atoms with van der Waals surface area (Å²) in [5.74, 6) is 0.235. The highest BCUT2D eigenvalue weighted by Gasteiger charge is 2.14. The number of hydrogen-bond acceptors (Lipinski definition) is 6. The molecule has 0 saturated carbocycles. The first-order valence-electron chi connectivity index (χ1n) is 9.19. The van der Waals surface area contributed by atoms with Crippen LogP contribution in [0.15, 0.2) is 70.2 Å². The SMILES string of the molecule is Cc1cccn2c(=O)cc(CSc3ncnc4scc(-c5ccc(F)cc5)c34)nc12. The van der Waals surface area contributed by atoms with Gasteiger partial charge in [0.15, 0.2) is 0 Å². The van der Waals surface area contributed by atoms with Crippen molar-refractivity contribution in [1.29, 1.82) is 0 Å². The smallest absolute Gasteiger partial charge is 0.258 e. The van der Waals surface area contributed by atoms with Crippen molar-refractivity contribution >= 4 is 39.0 Å². The van der Waals surface area contributed by atoms with E-state index in [1.54, 1.807) is 35.1 Å². The van der Waals surface area contributed by atoms with Crippen LogP contribution in [0.1, 0.15) is 11.3 Å². The molecule has 30 heavy (non-hydrogen) atoms. The summed E-state index contributed by atoms with van der Waals surface area (Å²) in [6.07, 6.45) is 3.27. The molecule has 0 fully saturated rings. The van der Waals surface area contributed by atoms with Crippen molar-refractivity contribution in [1.82, 2.24) is 19.4 Å². The highest BCUT2D eigenvalue weighted by atomic mass is 32.2. The third kappa shape index (κ3) is 3.38. The first-order valence-corrected chi connectivity index (χ1v) is 11.1. The van der Waals surface area contributed by atoms with Gasteiger partial charge < -0.3 is 0 Å². The van der Waals surface area contributed by atoms with Gasteiger partial charge in [0.05, 0.1) is 11.1 Å². The Bertz CT molecular complexity index is 1440. The number of pyridine rings is 1. The molecule has 0 amide bonds. The number of nitrogens with zero attached hydrogens (tertiary/aromatic N) is 4. The van der Waals surface area contributed by atoms with Gasteiger partial charge in [-0.1, -0.05) is 30.0 Å². The molecule has 4 heterocycles. The van der Waals surface area contributed by atoms with Gasteiger partial charge >= 0.3 is 0 Å². The second kappa shape index (κ2) is 7.62. The van der Waals surface area contributed by atoms with Crippen LogP contribution in [0.5, 0.6) is 0 Å². The summed E-state index contributed by atoms with van der Waals surface area (Å²) >= 11 is 3.04. The number of thiophene rings is 1. The molecule has 0 saturated heterocycles. The number of halogens is 1. The van der Waals surface area contributed by atoms with E-state index in [0.717, 1.165) is 31.9 Å². The Kier molecular flexibility index (Phi) is 4.80. The summed E-state index contributed by atoms with van der Waals surface area (Å²) in [6, 6.07) is 11.7. The highest BCUT2D eigenvalue weighted by Crippen LogP contribution is 2.38. The zero-order valence-corrected chi connectivity index (χ0v) is 17.5. The monoisotopic (exact) mass is 434 g/mol. The number of aryl methyl sites for hydroxylation is 1. The first-order chi connectivity index (χ1) is 14.6. The van der Waals surface area contributed by atoms with Crippen LogP contribution >= 0.6 is 23.1 Å². The topological polar surface area (TPSA) is 60.2 Å². The van der Waals surface area contributed by atoms with Crippen molar-refractivity contribution in [3.63, 3.8) is 0 Å². The Morgan fingerprint density at radius 3 is 2.83 bits per heavy atom. The lowest BCUT2D eigenvalue weighted by Gasteiger charge is -2.07. The molecular weight excluding hydrogens is 419 g/mol. The summed E-state index contributed by atoms with van der Waals surface area (Å²) < 4.78 is 14.9. The van der Waals surface area contributed by atoms with E-state index in [4.69, 9.17) is 0 Å². The highest BCUT2D eigenvalue weighted by molar-refractivity contribution is 7.98. The van der Waals surface area contributed by atoms with Crippen molar-refractivity contribution in [3.8, 4) is 11.1 Å². The molecule has 5 nitrogen and oxygen atoms in total. The normalized spacial score (nSPS) is 11.4. The quantitative estimate of drug-likeness (QED) is 0.291. The Balaban J connectivity index is 1.53. The molecule has 148 valence electrons. The fourth-order valence-corrected chi connectivity index (χ4v) is 5.21. The van der Waals surface area contributed by atoms with Crippen molar-refractivity contribution in [2.24, 2.45) is 0 Å². The third-order valence-corrected chi connectivity index (χ3v) is 6.70. The standard InChI is InChI=1S/C22H15FN4OS2/c1-13-3-2-8-27-18(28)9-16(26-20(13)27)10-29-21-19-17(11-30-22(19)25-12-24-21)14-4-6-15(23)7-5-14/h2-9,11-12H,10H2,1H3. The lowest BCUT2D eigenvalue weighted by Crippen LogP contribution is -2.15. The fourth-order valence-electron chi connectivity index (χ4n) is 3.32. The fraction of sp³-hybridized carbons (Fsp3) is 0.0909. The number of benzene rings is 1. The van der Waals surface area contributed by atoms with E-state index in [1.165, 1.54) is 35.2 Å². The summed E-state index contributed by atoms with van der Waals surface area (Å²) in [6.45, 7) is 1.94. The van der Waals surface area contributed by atoms with Crippen LogP contribution in [0.4, 0.5) is 4.39 Å². The van der Waals surface area contributed by atoms with Crippen LogP contribution in [-0.4, -0.2) is 19.4 Å². The van der Waals surface area contributed by atoms with Gasteiger partial charge in [0, 0.05) is 29.0 Å². The molecule has 0 unspecified atom stereocenters. The Hall–Kier alpha value is -3.10. The zero-order chi connectivity index (χ0) is 20.7. The van der Waals surface area contributed by atoms with Gasteiger partial charge in [0.25, 0.3) is 5.56 Å². The first kappa shape index (κ1) is 18.9. The summed E-state index contributed by atoms with van der Waals surface area (Å²) in [5, 5.41) is 3.76. The minimum Gasteiger partial charge on any atom is -0.269 e. The van der Waals surface area contributed by atoms with Crippen LogP contribution in [0.25, 0.3) is 27.0 Å². The molecule has 0 bridgehead atoms. The maximum absolute atomic E-state index is 13.3. The summed E-state index contributed by atoms with van der Waals surface area (Å²) in [7, 11) is 0. The maximum Gasteiger partial charge on any atom is 0.258 e. The van der Waals surface area contributed by atoms with Gasteiger partial charge in [-0.05, 0) is 36.2 Å². The maximum atomic E-state index is 13.3. The van der Waals surface area contributed by atoms with Crippen LogP contribution in [0, 0.1) is 12.7 Å². The largest absolute Gasteiger partial charge is 0.269 e. The molecule has 0 spiro atoms. The average Bonchev–Trinajstić information content (AvgIpc) is 3.18. The summed E-state index contributed by atoms with van der Waals surface area (Å²) in [5.41, 5.74) is 4.09. The number of thioether (sulfide) groups is 1. The molecule has 0 N–H and O–H groups in total. The predicted molar refractivity (Wildman–Crippen MR) is 119 cm³/mol. The molecule has 5 rings (SSSR count). The van der Waals surface area contributed by atoms with E-state index in [9.17, 15) is 9.18 Å². The molecule has 0 aliphatic heterocycles. The van der Waals surface area contributed by atoms with Gasteiger partial charge in [-0.3, -0.25) is 9.20 Å². The second-order valence-corrected chi connectivity index (χ2v) is 8.60. The Morgan fingerprint density at radius 2 is 2.00 bits per heavy atom. The molecule has 0 aliphatic rings. The van der Waals surface area contributed by atoms with E-state index in [2.05, 4.69) is 15.0 Å². The van der Waals surface area contributed by atoms with Gasteiger partial charge in [0.2, 0.25) is 0 Å². The van der Waals surface area contributed by atoms with Crippen molar-refractivity contribution < 1.29 is 4.39 Å². The molecule has 0 atom stereocenters. The molecular formula is C22H15FN4OS2. The number of rotatable bonds is 4. The van der Waals surface area contributed by atoms with E-state index < -0.39 is 0 Å². The minimum absolute atomic E-state index is 0.102. The van der Waals surface area contributed by atoms with E-state index in [0.29, 0.717) is 17.1 Å². The van der Waals surface area contributed by atoms with E-state index in [1.807, 2.05) is 24.4 Å². The molecule has 8 heteroatoms. The molecule has 0 aliphatic carbocycles. The lowest BCUT2D eigenvalue weighted by atomic mass is 10.1. The van der Waals surface area contributed by atoms with Gasteiger partial charge in [0.1, 0.15) is 27.6 Å². The van der Waals surface area contributed by atoms with E-state index >= 15 is 0 Å². The Morgan fingerprint density at radius 1 is 1.17 bits per heavy atom. The van der Waals surface area contributed by atoms with Crippen LogP contribution in [-0.2, 0) is 5.75 Å². The molecule has 4 aromatic heterocycles. The van der Waals surface area contributed by atoms with Crippen molar-refractivity contribution in [2.75, 3.05) is 0 Å².